The topological polar surface area (TPSA) is 0 Å². The molecule has 0 amide bonds. The van der Waals surface area contributed by atoms with Gasteiger partial charge in [0.05, 0.1) is 0 Å². The molecule has 0 unspecified atom stereocenters. The van der Waals surface area contributed by atoms with Gasteiger partial charge in [0.1, 0.15) is 0 Å². The predicted octanol–water partition coefficient (Wildman–Crippen LogP) is 3.53. The minimum Gasteiger partial charge on any atom is -0.0807 e. The maximum absolute atomic E-state index is 2.40. The van der Waals surface area contributed by atoms with Crippen molar-refractivity contribution in [3.63, 3.8) is 0 Å². The van der Waals surface area contributed by atoms with E-state index in [9.17, 15) is 0 Å². The van der Waals surface area contributed by atoms with E-state index < -0.39 is 8.80 Å². The highest BCUT2D eigenvalue weighted by Crippen LogP contribution is 2.26. The third kappa shape index (κ3) is 2.63. The molecule has 1 aliphatic carbocycles. The van der Waals surface area contributed by atoms with Crippen molar-refractivity contribution in [2.75, 3.05) is 0 Å². The van der Waals surface area contributed by atoms with Crippen LogP contribution in [0.5, 0.6) is 0 Å². The van der Waals surface area contributed by atoms with E-state index in [0.717, 1.165) is 5.54 Å². The van der Waals surface area contributed by atoms with Crippen LogP contribution < -0.4 is 0 Å². The molecule has 12 heavy (non-hydrogen) atoms. The summed E-state index contributed by atoms with van der Waals surface area (Å²) >= 11 is 0. The average molecular weight is 180 g/mol. The first-order valence-corrected chi connectivity index (χ1v) is 7.53. The first-order chi connectivity index (χ1) is 5.88. The summed E-state index contributed by atoms with van der Waals surface area (Å²) in [6.45, 7) is 4.64. The SMILES string of the molecule is CCC[SiH](CCC)C1C=CC=C1. The lowest BCUT2D eigenvalue weighted by molar-refractivity contribution is 0.983. The van der Waals surface area contributed by atoms with Crippen molar-refractivity contribution in [2.45, 2.75) is 44.3 Å². The number of rotatable bonds is 5. The summed E-state index contributed by atoms with van der Waals surface area (Å²) in [6.07, 6.45) is 12.0. The maximum Gasteiger partial charge on any atom is 0.0489 e. The van der Waals surface area contributed by atoms with E-state index in [1.807, 2.05) is 0 Å². The second kappa shape index (κ2) is 5.36. The van der Waals surface area contributed by atoms with E-state index >= 15 is 0 Å². The van der Waals surface area contributed by atoms with Crippen LogP contribution in [-0.2, 0) is 0 Å². The molecular weight excluding hydrogens is 160 g/mol. The van der Waals surface area contributed by atoms with Crippen LogP contribution >= 0.6 is 0 Å². The lowest BCUT2D eigenvalue weighted by Crippen LogP contribution is -2.16. The standard InChI is InChI=1S/C11H20Si/c1-3-9-12(10-4-2)11-7-5-6-8-11/h5-8,11-12H,3-4,9-10H2,1-2H3. The fourth-order valence-corrected chi connectivity index (χ4v) is 5.46. The van der Waals surface area contributed by atoms with Gasteiger partial charge in [-0.15, -0.1) is 0 Å². The van der Waals surface area contributed by atoms with Crippen LogP contribution in [0.4, 0.5) is 0 Å². The van der Waals surface area contributed by atoms with Gasteiger partial charge >= 0.3 is 0 Å². The second-order valence-corrected chi connectivity index (χ2v) is 7.13. The molecule has 1 heteroatoms. The van der Waals surface area contributed by atoms with Crippen molar-refractivity contribution in [1.29, 1.82) is 0 Å². The van der Waals surface area contributed by atoms with Crippen molar-refractivity contribution >= 4 is 8.80 Å². The van der Waals surface area contributed by atoms with Crippen molar-refractivity contribution < 1.29 is 0 Å². The third-order valence-electron chi connectivity index (χ3n) is 2.64. The normalized spacial score (nSPS) is 16.6. The number of allylic oxidation sites excluding steroid dienone is 4. The molecule has 0 bridgehead atoms. The molecule has 0 aromatic carbocycles. The lowest BCUT2D eigenvalue weighted by Gasteiger charge is -2.17. The maximum atomic E-state index is 2.40. The van der Waals surface area contributed by atoms with Crippen molar-refractivity contribution in [2.24, 2.45) is 0 Å². The van der Waals surface area contributed by atoms with Gasteiger partial charge in [0.15, 0.2) is 0 Å². The van der Waals surface area contributed by atoms with Gasteiger partial charge in [0.2, 0.25) is 0 Å². The monoisotopic (exact) mass is 180 g/mol. The molecule has 0 aliphatic heterocycles. The van der Waals surface area contributed by atoms with Crippen LogP contribution in [0.25, 0.3) is 0 Å². The Bertz CT molecular complexity index is 152. The summed E-state index contributed by atoms with van der Waals surface area (Å²) in [4.78, 5) is 0. The molecule has 0 heterocycles. The average Bonchev–Trinajstić information content (AvgIpc) is 2.56. The van der Waals surface area contributed by atoms with Crippen LogP contribution in [0.2, 0.25) is 17.6 Å². The molecule has 0 N–H and O–H groups in total. The van der Waals surface area contributed by atoms with Gasteiger partial charge in [-0.05, 0) is 5.54 Å². The Morgan fingerprint density at radius 1 is 1.00 bits per heavy atom. The van der Waals surface area contributed by atoms with Gasteiger partial charge < -0.3 is 0 Å². The third-order valence-corrected chi connectivity index (χ3v) is 6.81. The molecule has 0 aromatic heterocycles. The van der Waals surface area contributed by atoms with Crippen LogP contribution in [0, 0.1) is 0 Å². The van der Waals surface area contributed by atoms with Gasteiger partial charge in [-0.2, -0.15) is 0 Å². The van der Waals surface area contributed by atoms with E-state index in [0.29, 0.717) is 0 Å². The van der Waals surface area contributed by atoms with E-state index in [1.54, 1.807) is 0 Å². The predicted molar refractivity (Wildman–Crippen MR) is 59.4 cm³/mol. The lowest BCUT2D eigenvalue weighted by atomic mass is 10.5. The molecular formula is C11H20Si. The molecule has 0 saturated heterocycles. The molecule has 1 aliphatic rings. The Balaban J connectivity index is 2.40. The zero-order chi connectivity index (χ0) is 8.81. The van der Waals surface area contributed by atoms with E-state index in [1.165, 1.54) is 24.9 Å². The Hall–Kier alpha value is -0.303. The molecule has 1 rings (SSSR count). The van der Waals surface area contributed by atoms with E-state index in [2.05, 4.69) is 38.2 Å². The highest BCUT2D eigenvalue weighted by Gasteiger charge is 2.17. The highest BCUT2D eigenvalue weighted by molar-refractivity contribution is 6.61. The van der Waals surface area contributed by atoms with Gasteiger partial charge in [-0.3, -0.25) is 0 Å². The highest BCUT2D eigenvalue weighted by atomic mass is 28.3. The van der Waals surface area contributed by atoms with E-state index in [-0.39, 0.29) is 0 Å². The summed E-state index contributed by atoms with van der Waals surface area (Å²) in [5, 5.41) is 0. The quantitative estimate of drug-likeness (QED) is 0.568. The fraction of sp³-hybridized carbons (Fsp3) is 0.636. The molecule has 0 aromatic rings. The largest absolute Gasteiger partial charge is 0.0807 e. The molecule has 0 saturated carbocycles. The molecule has 68 valence electrons. The molecule has 0 radical (unpaired) electrons. The van der Waals surface area contributed by atoms with Crippen LogP contribution in [0.3, 0.4) is 0 Å². The van der Waals surface area contributed by atoms with Gasteiger partial charge in [0, 0.05) is 8.80 Å². The first-order valence-electron chi connectivity index (χ1n) is 5.23. The molecule has 0 atom stereocenters. The van der Waals surface area contributed by atoms with Gasteiger partial charge in [0.25, 0.3) is 0 Å². The first kappa shape index (κ1) is 9.78. The van der Waals surface area contributed by atoms with Crippen molar-refractivity contribution in [3.8, 4) is 0 Å². The minimum atomic E-state index is -0.460. The summed E-state index contributed by atoms with van der Waals surface area (Å²) in [5.74, 6) is 0. The Kier molecular flexibility index (Phi) is 4.37. The van der Waals surface area contributed by atoms with Crippen molar-refractivity contribution in [1.82, 2.24) is 0 Å². The number of hydrogen-bond acceptors (Lipinski definition) is 0. The summed E-state index contributed by atoms with van der Waals surface area (Å²) < 4.78 is 0. The summed E-state index contributed by atoms with van der Waals surface area (Å²) in [7, 11) is -0.460. The van der Waals surface area contributed by atoms with E-state index in [4.69, 9.17) is 0 Å². The summed E-state index contributed by atoms with van der Waals surface area (Å²) in [6, 6.07) is 3.04. The number of hydrogen-bond donors (Lipinski definition) is 0. The Labute approximate surface area is 78.0 Å². The smallest absolute Gasteiger partial charge is 0.0489 e. The summed E-state index contributed by atoms with van der Waals surface area (Å²) in [5.41, 5.74) is 0.880. The van der Waals surface area contributed by atoms with Gasteiger partial charge in [-0.25, -0.2) is 0 Å². The van der Waals surface area contributed by atoms with Crippen LogP contribution in [0.1, 0.15) is 26.7 Å². The van der Waals surface area contributed by atoms with Gasteiger partial charge in [-0.1, -0.05) is 63.1 Å². The van der Waals surface area contributed by atoms with Crippen LogP contribution in [-0.4, -0.2) is 8.80 Å². The Morgan fingerprint density at radius 3 is 1.92 bits per heavy atom. The molecule has 0 fully saturated rings. The van der Waals surface area contributed by atoms with Crippen LogP contribution in [0.15, 0.2) is 24.3 Å². The van der Waals surface area contributed by atoms with Crippen molar-refractivity contribution in [3.05, 3.63) is 24.3 Å². The Morgan fingerprint density at radius 2 is 1.50 bits per heavy atom. The second-order valence-electron chi connectivity index (χ2n) is 3.68. The minimum absolute atomic E-state index is 0.460. The zero-order valence-corrected chi connectivity index (χ0v) is 9.45. The zero-order valence-electron chi connectivity index (χ0n) is 8.29. The molecule has 0 nitrogen and oxygen atoms in total. The fourth-order valence-electron chi connectivity index (χ4n) is 2.03. The molecule has 0 spiro atoms.